The van der Waals surface area contributed by atoms with Gasteiger partial charge in [-0.3, -0.25) is 0 Å². The zero-order valence-electron chi connectivity index (χ0n) is 10.6. The summed E-state index contributed by atoms with van der Waals surface area (Å²) in [5.74, 6) is 2.74. The van der Waals surface area contributed by atoms with Crippen LogP contribution in [-0.4, -0.2) is 25.6 Å². The first-order valence-corrected chi connectivity index (χ1v) is 6.97. The molecule has 0 saturated heterocycles. The maximum atomic E-state index is 4.51. The van der Waals surface area contributed by atoms with E-state index in [0.29, 0.717) is 0 Å². The predicted molar refractivity (Wildman–Crippen MR) is 70.3 cm³/mol. The molecule has 0 unspecified atom stereocenters. The van der Waals surface area contributed by atoms with Crippen LogP contribution in [-0.2, 0) is 0 Å². The fraction of sp³-hybridized carbons (Fsp3) is 0.583. The first-order valence-electron chi connectivity index (χ1n) is 5.98. The van der Waals surface area contributed by atoms with Gasteiger partial charge in [0.15, 0.2) is 11.5 Å². The molecule has 17 heavy (non-hydrogen) atoms. The van der Waals surface area contributed by atoms with Crippen molar-refractivity contribution in [3.63, 3.8) is 0 Å². The van der Waals surface area contributed by atoms with Crippen LogP contribution in [0.15, 0.2) is 17.2 Å². The highest BCUT2D eigenvalue weighted by molar-refractivity contribution is 7.99. The van der Waals surface area contributed by atoms with E-state index < -0.39 is 0 Å². The van der Waals surface area contributed by atoms with Gasteiger partial charge in [-0.25, -0.2) is 0 Å². The minimum absolute atomic E-state index is 0.783. The van der Waals surface area contributed by atoms with E-state index in [1.54, 1.807) is 16.3 Å². The largest absolute Gasteiger partial charge is 0.197 e. The highest BCUT2D eigenvalue weighted by Gasteiger charge is 2.03. The van der Waals surface area contributed by atoms with Gasteiger partial charge in [-0.15, -0.1) is 22.0 Å². The normalized spacial score (nSPS) is 11.5. The van der Waals surface area contributed by atoms with Crippen molar-refractivity contribution in [3.8, 4) is 0 Å². The summed E-state index contributed by atoms with van der Waals surface area (Å²) in [6, 6.07) is 3.99. The zero-order chi connectivity index (χ0) is 12.3. The lowest BCUT2D eigenvalue weighted by molar-refractivity contribution is 0.579. The van der Waals surface area contributed by atoms with E-state index >= 15 is 0 Å². The molecule has 4 nitrogen and oxygen atoms in total. The first kappa shape index (κ1) is 12.4. The van der Waals surface area contributed by atoms with E-state index in [4.69, 9.17) is 0 Å². The van der Waals surface area contributed by atoms with Crippen molar-refractivity contribution in [1.29, 1.82) is 0 Å². The molecular formula is C12H18N4S. The Balaban J connectivity index is 1.97. The van der Waals surface area contributed by atoms with Crippen LogP contribution in [0, 0.1) is 12.8 Å². The number of nitrogens with zero attached hydrogens (tertiary/aromatic N) is 4. The average Bonchev–Trinajstić information content (AvgIpc) is 2.66. The van der Waals surface area contributed by atoms with Gasteiger partial charge in [0.2, 0.25) is 0 Å². The molecule has 2 heterocycles. The number of hydrogen-bond acceptors (Lipinski definition) is 4. The predicted octanol–water partition coefficient (Wildman–Crippen LogP) is 2.96. The molecule has 0 N–H and O–H groups in total. The van der Waals surface area contributed by atoms with Gasteiger partial charge < -0.3 is 0 Å². The van der Waals surface area contributed by atoms with Crippen molar-refractivity contribution in [3.05, 3.63) is 18.0 Å². The van der Waals surface area contributed by atoms with Crippen molar-refractivity contribution >= 4 is 17.4 Å². The van der Waals surface area contributed by atoms with Crippen molar-refractivity contribution in [2.75, 3.05) is 5.75 Å². The van der Waals surface area contributed by atoms with Crippen LogP contribution in [0.2, 0.25) is 0 Å². The summed E-state index contributed by atoms with van der Waals surface area (Å²) in [6.45, 7) is 6.44. The Morgan fingerprint density at radius 2 is 2.12 bits per heavy atom. The molecule has 2 aromatic heterocycles. The summed E-state index contributed by atoms with van der Waals surface area (Å²) in [5.41, 5.74) is 0.814. The summed E-state index contributed by atoms with van der Waals surface area (Å²) >= 11 is 1.80. The fourth-order valence-corrected chi connectivity index (χ4v) is 2.45. The average molecular weight is 250 g/mol. The Hall–Kier alpha value is -1.10. The van der Waals surface area contributed by atoms with Crippen molar-refractivity contribution < 1.29 is 0 Å². The Labute approximate surface area is 106 Å². The molecule has 0 aromatic carbocycles. The molecule has 2 aromatic rings. The Morgan fingerprint density at radius 3 is 2.88 bits per heavy atom. The first-order chi connectivity index (χ1) is 8.16. The lowest BCUT2D eigenvalue weighted by atomic mass is 10.1. The molecule has 0 spiro atoms. The number of hydrogen-bond donors (Lipinski definition) is 0. The molecule has 0 radical (unpaired) electrons. The molecule has 5 heteroatoms. The Bertz CT molecular complexity index is 492. The van der Waals surface area contributed by atoms with Gasteiger partial charge in [-0.1, -0.05) is 20.3 Å². The third-order valence-corrected chi connectivity index (χ3v) is 3.58. The van der Waals surface area contributed by atoms with Gasteiger partial charge in [0.1, 0.15) is 5.03 Å². The third kappa shape index (κ3) is 3.19. The second-order valence-corrected chi connectivity index (χ2v) is 5.69. The van der Waals surface area contributed by atoms with Crippen molar-refractivity contribution in [1.82, 2.24) is 19.8 Å². The summed E-state index contributed by atoms with van der Waals surface area (Å²) < 4.78 is 1.80. The van der Waals surface area contributed by atoms with E-state index in [9.17, 15) is 0 Å². The molecule has 0 aliphatic rings. The maximum absolute atomic E-state index is 4.51. The van der Waals surface area contributed by atoms with E-state index in [1.807, 2.05) is 19.1 Å². The minimum Gasteiger partial charge on any atom is -0.197 e. The van der Waals surface area contributed by atoms with E-state index in [2.05, 4.69) is 29.1 Å². The summed E-state index contributed by atoms with van der Waals surface area (Å²) in [6.07, 6.45) is 2.52. The summed E-state index contributed by atoms with van der Waals surface area (Å²) in [4.78, 5) is 0. The fourth-order valence-electron chi connectivity index (χ4n) is 1.62. The molecule has 0 atom stereocenters. The van der Waals surface area contributed by atoms with Gasteiger partial charge in [0.05, 0.1) is 0 Å². The van der Waals surface area contributed by atoms with Gasteiger partial charge in [-0.05, 0) is 37.1 Å². The SMILES string of the molecule is Cc1nnc2ccc(SCCCC(C)C)nn12. The van der Waals surface area contributed by atoms with E-state index in [0.717, 1.165) is 28.2 Å². The summed E-state index contributed by atoms with van der Waals surface area (Å²) in [5, 5.41) is 13.6. The standard InChI is InChI=1S/C12H18N4S/c1-9(2)5-4-8-17-12-7-6-11-14-13-10(3)16(11)15-12/h6-7,9H,4-5,8H2,1-3H3. The van der Waals surface area contributed by atoms with Gasteiger partial charge in [0.25, 0.3) is 0 Å². The number of aromatic nitrogens is 4. The molecule has 0 fully saturated rings. The zero-order valence-corrected chi connectivity index (χ0v) is 11.4. The molecule has 0 bridgehead atoms. The quantitative estimate of drug-likeness (QED) is 0.604. The molecule has 0 saturated carbocycles. The van der Waals surface area contributed by atoms with Crippen molar-refractivity contribution in [2.24, 2.45) is 5.92 Å². The second kappa shape index (κ2) is 5.49. The highest BCUT2D eigenvalue weighted by Crippen LogP contribution is 2.18. The van der Waals surface area contributed by atoms with Gasteiger partial charge in [-0.2, -0.15) is 9.61 Å². The molecule has 0 aliphatic carbocycles. The molecule has 0 aliphatic heterocycles. The van der Waals surface area contributed by atoms with Gasteiger partial charge in [0, 0.05) is 0 Å². The Kier molecular flexibility index (Phi) is 3.99. The smallest absolute Gasteiger partial charge is 0.177 e. The number of aryl methyl sites for hydroxylation is 1. The van der Waals surface area contributed by atoms with Crippen LogP contribution in [0.3, 0.4) is 0 Å². The van der Waals surface area contributed by atoms with Crippen LogP contribution in [0.4, 0.5) is 0 Å². The molecule has 0 amide bonds. The lowest BCUT2D eigenvalue weighted by Crippen LogP contribution is -1.96. The van der Waals surface area contributed by atoms with Crippen LogP contribution in [0.5, 0.6) is 0 Å². The number of fused-ring (bicyclic) bond motifs is 1. The van der Waals surface area contributed by atoms with Crippen LogP contribution in [0.25, 0.3) is 5.65 Å². The number of thioether (sulfide) groups is 1. The molecule has 92 valence electrons. The van der Waals surface area contributed by atoms with Crippen LogP contribution < -0.4 is 0 Å². The highest BCUT2D eigenvalue weighted by atomic mass is 32.2. The lowest BCUT2D eigenvalue weighted by Gasteiger charge is -2.04. The summed E-state index contributed by atoms with van der Waals surface area (Å²) in [7, 11) is 0. The van der Waals surface area contributed by atoms with Gasteiger partial charge >= 0.3 is 0 Å². The second-order valence-electron chi connectivity index (χ2n) is 4.57. The van der Waals surface area contributed by atoms with Crippen molar-refractivity contribution in [2.45, 2.75) is 38.6 Å². The van der Waals surface area contributed by atoms with E-state index in [1.165, 1.54) is 12.8 Å². The Morgan fingerprint density at radius 1 is 1.29 bits per heavy atom. The minimum atomic E-state index is 0.783. The topological polar surface area (TPSA) is 43.1 Å². The molecule has 2 rings (SSSR count). The maximum Gasteiger partial charge on any atom is 0.177 e. The van der Waals surface area contributed by atoms with E-state index in [-0.39, 0.29) is 0 Å². The van der Waals surface area contributed by atoms with Crippen LogP contribution in [0.1, 0.15) is 32.5 Å². The van der Waals surface area contributed by atoms with Crippen LogP contribution >= 0.6 is 11.8 Å². The monoisotopic (exact) mass is 250 g/mol. The number of rotatable bonds is 5. The molecular weight excluding hydrogens is 232 g/mol. The third-order valence-electron chi connectivity index (χ3n) is 2.57.